The van der Waals surface area contributed by atoms with Crippen LogP contribution < -0.4 is 16.4 Å². The number of fused-ring (bicyclic) bond motifs is 1. The van der Waals surface area contributed by atoms with Crippen LogP contribution in [0.25, 0.3) is 22.3 Å². The van der Waals surface area contributed by atoms with Crippen LogP contribution in [0.1, 0.15) is 37.5 Å². The number of aromatic nitrogens is 2. The molecule has 0 radical (unpaired) electrons. The number of rotatable bonds is 7. The molecule has 1 amide bonds. The second-order valence-electron chi connectivity index (χ2n) is 8.05. The van der Waals surface area contributed by atoms with Crippen LogP contribution in [0.5, 0.6) is 0 Å². The molecule has 4 rings (SSSR count). The number of likely N-dealkylation sites (N-methyl/N-ethyl adjacent to an activating group) is 1. The number of benzene rings is 2. The largest absolute Gasteiger partial charge is 0.355 e. The molecular formula is C25H31N5O2. The minimum Gasteiger partial charge on any atom is -0.355 e. The predicted molar refractivity (Wildman–Crippen MR) is 129 cm³/mol. The highest BCUT2D eigenvalue weighted by Crippen LogP contribution is 2.34. The second-order valence-corrected chi connectivity index (χ2v) is 8.05. The average molecular weight is 434 g/mol. The van der Waals surface area contributed by atoms with Crippen molar-refractivity contribution >= 4 is 28.2 Å². The molecule has 2 heterocycles. The summed E-state index contributed by atoms with van der Waals surface area (Å²) < 4.78 is 3.64. The van der Waals surface area contributed by atoms with Gasteiger partial charge in [-0.3, -0.25) is 18.9 Å². The van der Waals surface area contributed by atoms with Crippen LogP contribution in [0.2, 0.25) is 0 Å². The number of carbonyl (C=O) groups excluding carboxylic acids is 1. The lowest BCUT2D eigenvalue weighted by Gasteiger charge is -2.22. The molecule has 1 aliphatic heterocycles. The van der Waals surface area contributed by atoms with Crippen LogP contribution in [0.15, 0.2) is 47.3 Å². The van der Waals surface area contributed by atoms with Crippen molar-refractivity contribution in [2.45, 2.75) is 40.8 Å². The molecule has 1 aromatic heterocycles. The van der Waals surface area contributed by atoms with E-state index in [0.29, 0.717) is 26.2 Å². The number of nitrogens with zero attached hydrogens (tertiary/aromatic N) is 3. The van der Waals surface area contributed by atoms with E-state index in [9.17, 15) is 9.59 Å². The summed E-state index contributed by atoms with van der Waals surface area (Å²) in [4.78, 5) is 25.2. The van der Waals surface area contributed by atoms with E-state index in [1.54, 1.807) is 0 Å². The predicted octanol–water partition coefficient (Wildman–Crippen LogP) is 2.98. The summed E-state index contributed by atoms with van der Waals surface area (Å²) in [6.45, 7) is 10.7. The van der Waals surface area contributed by atoms with Crippen molar-refractivity contribution < 1.29 is 4.79 Å². The highest BCUT2D eigenvalue weighted by atomic mass is 16.2. The molecule has 3 aromatic rings. The molecule has 7 heteroatoms. The Bertz CT molecular complexity index is 1250. The monoisotopic (exact) mass is 433 g/mol. The third-order valence-electron chi connectivity index (χ3n) is 5.97. The molecule has 0 spiro atoms. The molecular weight excluding hydrogens is 402 g/mol. The van der Waals surface area contributed by atoms with Gasteiger partial charge in [-0.2, -0.15) is 0 Å². The second kappa shape index (κ2) is 9.04. The Labute approximate surface area is 188 Å². The van der Waals surface area contributed by atoms with Gasteiger partial charge in [0.1, 0.15) is 6.54 Å². The molecule has 2 N–H and O–H groups in total. The van der Waals surface area contributed by atoms with Crippen molar-refractivity contribution in [3.63, 3.8) is 0 Å². The van der Waals surface area contributed by atoms with Gasteiger partial charge in [0.2, 0.25) is 5.91 Å². The lowest BCUT2D eigenvalue weighted by Crippen LogP contribution is -2.40. The van der Waals surface area contributed by atoms with Crippen LogP contribution in [0, 0.1) is 6.92 Å². The minimum atomic E-state index is -0.0262. The molecule has 0 saturated heterocycles. The van der Waals surface area contributed by atoms with Gasteiger partial charge >= 0.3 is 5.69 Å². The van der Waals surface area contributed by atoms with Gasteiger partial charge in [-0.05, 0) is 57.0 Å². The van der Waals surface area contributed by atoms with Crippen molar-refractivity contribution in [3.05, 3.63) is 69.6 Å². The van der Waals surface area contributed by atoms with E-state index in [1.165, 1.54) is 0 Å². The van der Waals surface area contributed by atoms with E-state index < -0.39 is 0 Å². The highest BCUT2D eigenvalue weighted by Gasteiger charge is 2.27. The van der Waals surface area contributed by atoms with Crippen molar-refractivity contribution in [1.82, 2.24) is 24.9 Å². The Morgan fingerprint density at radius 1 is 1.00 bits per heavy atom. The summed E-state index contributed by atoms with van der Waals surface area (Å²) in [6, 6.07) is 14.5. The van der Waals surface area contributed by atoms with Gasteiger partial charge in [-0.1, -0.05) is 29.8 Å². The molecule has 0 saturated carbocycles. The van der Waals surface area contributed by atoms with E-state index in [4.69, 9.17) is 0 Å². The first-order valence-electron chi connectivity index (χ1n) is 11.3. The number of carbonyl (C=O) groups is 1. The summed E-state index contributed by atoms with van der Waals surface area (Å²) in [6.07, 6.45) is 0. The summed E-state index contributed by atoms with van der Waals surface area (Å²) in [5.41, 5.74) is 10.7. The maximum Gasteiger partial charge on any atom is 0.329 e. The Hall–Kier alpha value is -3.32. The van der Waals surface area contributed by atoms with E-state index in [1.807, 2.05) is 47.0 Å². The Morgan fingerprint density at radius 3 is 2.44 bits per heavy atom. The van der Waals surface area contributed by atoms with Crippen LogP contribution in [-0.4, -0.2) is 39.7 Å². The van der Waals surface area contributed by atoms with Gasteiger partial charge in [0.05, 0.1) is 16.7 Å². The molecule has 0 atom stereocenters. The molecule has 0 fully saturated rings. The van der Waals surface area contributed by atoms with E-state index in [0.717, 1.165) is 39.0 Å². The molecule has 1 aliphatic rings. The quantitative estimate of drug-likeness (QED) is 0.601. The number of imidazole rings is 1. The first-order chi connectivity index (χ1) is 15.5. The van der Waals surface area contributed by atoms with Crippen molar-refractivity contribution in [2.75, 3.05) is 19.6 Å². The number of hydrogen-bond acceptors (Lipinski definition) is 4. The normalized spacial score (nSPS) is 13.9. The van der Waals surface area contributed by atoms with Crippen LogP contribution in [-0.2, 0) is 17.9 Å². The Kier molecular flexibility index (Phi) is 6.19. The fourth-order valence-electron chi connectivity index (χ4n) is 4.51. The first kappa shape index (κ1) is 21.9. The zero-order valence-corrected chi connectivity index (χ0v) is 19.2. The van der Waals surface area contributed by atoms with E-state index in [2.05, 4.69) is 48.0 Å². The topological polar surface area (TPSA) is 71.3 Å². The molecule has 0 bridgehead atoms. The van der Waals surface area contributed by atoms with Crippen LogP contribution >= 0.6 is 0 Å². The fraction of sp³-hybridized carbons (Fsp3) is 0.360. The number of amides is 1. The molecule has 2 aromatic carbocycles. The number of aryl methyl sites for hydroxylation is 3. The summed E-state index contributed by atoms with van der Waals surface area (Å²) in [7, 11) is 0. The third-order valence-corrected chi connectivity index (χ3v) is 5.97. The number of nitrogens with one attached hydrogen (secondary N) is 2. The molecule has 0 unspecified atom stereocenters. The SMILES string of the molecule is CCNC(=O)CN1NCC(c2ccc3c(c2)n(CC)c(=O)n3CC)=C1c1cccc(C)c1. The molecule has 168 valence electrons. The van der Waals surface area contributed by atoms with E-state index >= 15 is 0 Å². The van der Waals surface area contributed by atoms with Gasteiger partial charge in [0, 0.05) is 31.8 Å². The van der Waals surface area contributed by atoms with Crippen molar-refractivity contribution in [2.24, 2.45) is 0 Å². The van der Waals surface area contributed by atoms with Crippen molar-refractivity contribution in [3.8, 4) is 0 Å². The lowest BCUT2D eigenvalue weighted by molar-refractivity contribution is -0.121. The van der Waals surface area contributed by atoms with Crippen molar-refractivity contribution in [1.29, 1.82) is 0 Å². The molecule has 7 nitrogen and oxygen atoms in total. The zero-order chi connectivity index (χ0) is 22.8. The standard InChI is InChI=1S/C25H31N5O2/c1-5-26-23(31)16-30-24(19-10-8-9-17(4)13-19)20(15-27-30)18-11-12-21-22(14-18)29(7-3)25(32)28(21)6-2/h8-14,27H,5-7,15-16H2,1-4H3,(H,26,31). The Morgan fingerprint density at radius 2 is 1.75 bits per heavy atom. The third kappa shape index (κ3) is 3.84. The maximum atomic E-state index is 12.8. The van der Waals surface area contributed by atoms with Gasteiger partial charge in [0.15, 0.2) is 0 Å². The fourth-order valence-corrected chi connectivity index (χ4v) is 4.51. The highest BCUT2D eigenvalue weighted by molar-refractivity contribution is 5.96. The van der Waals surface area contributed by atoms with Crippen LogP contribution in [0.3, 0.4) is 0 Å². The number of hydrazine groups is 1. The van der Waals surface area contributed by atoms with Gasteiger partial charge in [-0.25, -0.2) is 10.2 Å². The van der Waals surface area contributed by atoms with Gasteiger partial charge < -0.3 is 5.32 Å². The first-order valence-corrected chi connectivity index (χ1v) is 11.3. The van der Waals surface area contributed by atoms with Gasteiger partial charge in [0.25, 0.3) is 0 Å². The lowest BCUT2D eigenvalue weighted by atomic mass is 9.99. The Balaban J connectivity index is 1.88. The molecule has 32 heavy (non-hydrogen) atoms. The van der Waals surface area contributed by atoms with Gasteiger partial charge in [-0.15, -0.1) is 0 Å². The maximum absolute atomic E-state index is 12.8. The van der Waals surface area contributed by atoms with E-state index in [-0.39, 0.29) is 18.1 Å². The smallest absolute Gasteiger partial charge is 0.329 e. The average Bonchev–Trinajstić information content (AvgIpc) is 3.30. The minimum absolute atomic E-state index is 0.0254. The summed E-state index contributed by atoms with van der Waals surface area (Å²) >= 11 is 0. The summed E-state index contributed by atoms with van der Waals surface area (Å²) in [5.74, 6) is -0.0262. The summed E-state index contributed by atoms with van der Waals surface area (Å²) in [5, 5.41) is 4.82. The van der Waals surface area contributed by atoms with Crippen LogP contribution in [0.4, 0.5) is 0 Å². The molecule has 0 aliphatic carbocycles. The zero-order valence-electron chi connectivity index (χ0n) is 19.2. The number of hydrogen-bond donors (Lipinski definition) is 2.